The standard InChI is InChI=1S/C8H19N5O2/c9-1-2-12-3-4-13-6(8(11)15)5-7(10)14/h6,12-13H,1-5,9H2,(H2,10,14)(H2,11,15)/t6-/m0/s1. The van der Waals surface area contributed by atoms with Crippen LogP contribution in [0.4, 0.5) is 0 Å². The zero-order valence-corrected chi connectivity index (χ0v) is 8.66. The molecule has 15 heavy (non-hydrogen) atoms. The SMILES string of the molecule is NCCNCCN[C@@H](CC(N)=O)C(N)=O. The number of primary amides is 2. The molecule has 0 aliphatic carbocycles. The van der Waals surface area contributed by atoms with E-state index in [1.54, 1.807) is 0 Å². The van der Waals surface area contributed by atoms with E-state index >= 15 is 0 Å². The van der Waals surface area contributed by atoms with Crippen LogP contribution in [0.1, 0.15) is 6.42 Å². The van der Waals surface area contributed by atoms with Crippen molar-refractivity contribution in [2.24, 2.45) is 17.2 Å². The molecular weight excluding hydrogens is 198 g/mol. The van der Waals surface area contributed by atoms with E-state index in [-0.39, 0.29) is 6.42 Å². The number of amides is 2. The Morgan fingerprint density at radius 3 is 2.27 bits per heavy atom. The Labute approximate surface area is 88.7 Å². The van der Waals surface area contributed by atoms with E-state index in [0.29, 0.717) is 26.2 Å². The van der Waals surface area contributed by atoms with Gasteiger partial charge in [0.1, 0.15) is 0 Å². The molecule has 0 aromatic rings. The molecule has 0 fully saturated rings. The van der Waals surface area contributed by atoms with Gasteiger partial charge in [-0.3, -0.25) is 9.59 Å². The fourth-order valence-electron chi connectivity index (χ4n) is 1.04. The molecule has 7 nitrogen and oxygen atoms in total. The van der Waals surface area contributed by atoms with E-state index in [4.69, 9.17) is 17.2 Å². The molecular formula is C8H19N5O2. The first kappa shape index (κ1) is 13.8. The van der Waals surface area contributed by atoms with Crippen molar-refractivity contribution in [1.29, 1.82) is 0 Å². The summed E-state index contributed by atoms with van der Waals surface area (Å²) < 4.78 is 0. The Bertz CT molecular complexity index is 209. The van der Waals surface area contributed by atoms with Crippen LogP contribution < -0.4 is 27.8 Å². The Morgan fingerprint density at radius 2 is 1.80 bits per heavy atom. The maximum Gasteiger partial charge on any atom is 0.235 e. The van der Waals surface area contributed by atoms with Crippen molar-refractivity contribution in [1.82, 2.24) is 10.6 Å². The quantitative estimate of drug-likeness (QED) is 0.260. The van der Waals surface area contributed by atoms with Gasteiger partial charge in [-0.25, -0.2) is 0 Å². The van der Waals surface area contributed by atoms with Gasteiger partial charge in [-0.2, -0.15) is 0 Å². The molecule has 0 heterocycles. The number of nitrogens with one attached hydrogen (secondary N) is 2. The lowest BCUT2D eigenvalue weighted by atomic mass is 10.2. The molecule has 0 aromatic heterocycles. The minimum Gasteiger partial charge on any atom is -0.370 e. The summed E-state index contributed by atoms with van der Waals surface area (Å²) in [5, 5.41) is 5.86. The van der Waals surface area contributed by atoms with Crippen molar-refractivity contribution < 1.29 is 9.59 Å². The second kappa shape index (κ2) is 8.16. The molecule has 0 unspecified atom stereocenters. The second-order valence-electron chi connectivity index (χ2n) is 3.12. The zero-order chi connectivity index (χ0) is 11.7. The maximum atomic E-state index is 10.9. The van der Waals surface area contributed by atoms with Crippen LogP contribution in [0.25, 0.3) is 0 Å². The Morgan fingerprint density at radius 1 is 1.13 bits per heavy atom. The van der Waals surface area contributed by atoms with Crippen LogP contribution in [-0.4, -0.2) is 44.0 Å². The topological polar surface area (TPSA) is 136 Å². The Balaban J connectivity index is 3.67. The lowest BCUT2D eigenvalue weighted by Gasteiger charge is -2.13. The summed E-state index contributed by atoms with van der Waals surface area (Å²) in [6, 6.07) is -0.692. The van der Waals surface area contributed by atoms with Crippen LogP contribution in [0.15, 0.2) is 0 Å². The summed E-state index contributed by atoms with van der Waals surface area (Å²) in [6.45, 7) is 2.44. The van der Waals surface area contributed by atoms with E-state index in [9.17, 15) is 9.59 Å². The van der Waals surface area contributed by atoms with E-state index in [0.717, 1.165) is 0 Å². The van der Waals surface area contributed by atoms with Gasteiger partial charge < -0.3 is 27.8 Å². The molecule has 8 N–H and O–H groups in total. The van der Waals surface area contributed by atoms with Crippen molar-refractivity contribution in [3.63, 3.8) is 0 Å². The highest BCUT2D eigenvalue weighted by Crippen LogP contribution is 1.88. The van der Waals surface area contributed by atoms with Crippen LogP contribution in [0, 0.1) is 0 Å². The fourth-order valence-corrected chi connectivity index (χ4v) is 1.04. The van der Waals surface area contributed by atoms with Gasteiger partial charge in [0.2, 0.25) is 11.8 Å². The molecule has 1 atom stereocenters. The summed E-state index contributed by atoms with van der Waals surface area (Å²) in [5.41, 5.74) is 15.3. The van der Waals surface area contributed by atoms with Crippen molar-refractivity contribution in [3.8, 4) is 0 Å². The lowest BCUT2D eigenvalue weighted by Crippen LogP contribution is -2.46. The van der Waals surface area contributed by atoms with E-state index < -0.39 is 17.9 Å². The van der Waals surface area contributed by atoms with Crippen LogP contribution in [-0.2, 0) is 9.59 Å². The van der Waals surface area contributed by atoms with Crippen molar-refractivity contribution >= 4 is 11.8 Å². The van der Waals surface area contributed by atoms with E-state index in [1.807, 2.05) is 0 Å². The third-order valence-electron chi connectivity index (χ3n) is 1.76. The first-order valence-electron chi connectivity index (χ1n) is 4.79. The fraction of sp³-hybridized carbons (Fsp3) is 0.750. The van der Waals surface area contributed by atoms with Gasteiger partial charge in [0.25, 0.3) is 0 Å². The van der Waals surface area contributed by atoms with Crippen molar-refractivity contribution in [2.75, 3.05) is 26.2 Å². The van der Waals surface area contributed by atoms with Crippen LogP contribution in [0.2, 0.25) is 0 Å². The lowest BCUT2D eigenvalue weighted by molar-refractivity contribution is -0.125. The van der Waals surface area contributed by atoms with Gasteiger partial charge in [0.15, 0.2) is 0 Å². The first-order chi connectivity index (χ1) is 7.07. The number of carbonyl (C=O) groups excluding carboxylic acids is 2. The summed E-state index contributed by atoms with van der Waals surface area (Å²) >= 11 is 0. The molecule has 0 saturated heterocycles. The van der Waals surface area contributed by atoms with E-state index in [2.05, 4.69) is 10.6 Å². The normalized spacial score (nSPS) is 12.3. The van der Waals surface area contributed by atoms with Gasteiger partial charge >= 0.3 is 0 Å². The van der Waals surface area contributed by atoms with Crippen LogP contribution in [0.3, 0.4) is 0 Å². The molecule has 0 rings (SSSR count). The highest BCUT2D eigenvalue weighted by Gasteiger charge is 2.16. The highest BCUT2D eigenvalue weighted by atomic mass is 16.2. The average Bonchev–Trinajstić information content (AvgIpc) is 2.15. The number of nitrogens with two attached hydrogens (primary N) is 3. The van der Waals surface area contributed by atoms with Gasteiger partial charge in [0, 0.05) is 26.2 Å². The zero-order valence-electron chi connectivity index (χ0n) is 8.66. The number of hydrogen-bond donors (Lipinski definition) is 5. The second-order valence-corrected chi connectivity index (χ2v) is 3.12. The minimum absolute atomic E-state index is 0.0772. The number of carbonyl (C=O) groups is 2. The Hall–Kier alpha value is -1.18. The van der Waals surface area contributed by atoms with Crippen LogP contribution >= 0.6 is 0 Å². The molecule has 88 valence electrons. The molecule has 0 aromatic carbocycles. The van der Waals surface area contributed by atoms with Gasteiger partial charge in [-0.05, 0) is 0 Å². The van der Waals surface area contributed by atoms with E-state index in [1.165, 1.54) is 0 Å². The Kier molecular flexibility index (Phi) is 7.51. The monoisotopic (exact) mass is 217 g/mol. The molecule has 0 aliphatic heterocycles. The maximum absolute atomic E-state index is 10.9. The molecule has 7 heteroatoms. The van der Waals surface area contributed by atoms with Gasteiger partial charge in [-0.15, -0.1) is 0 Å². The van der Waals surface area contributed by atoms with Gasteiger partial charge in [-0.1, -0.05) is 0 Å². The third kappa shape index (κ3) is 7.86. The highest BCUT2D eigenvalue weighted by molar-refractivity contribution is 5.86. The summed E-state index contributed by atoms with van der Waals surface area (Å²) in [4.78, 5) is 21.5. The number of hydrogen-bond acceptors (Lipinski definition) is 5. The van der Waals surface area contributed by atoms with Gasteiger partial charge in [0.05, 0.1) is 12.5 Å². The third-order valence-corrected chi connectivity index (χ3v) is 1.76. The van der Waals surface area contributed by atoms with Crippen molar-refractivity contribution in [2.45, 2.75) is 12.5 Å². The molecule has 2 amide bonds. The molecule has 0 spiro atoms. The predicted octanol–water partition coefficient (Wildman–Crippen LogP) is -3.15. The molecule has 0 saturated carbocycles. The first-order valence-corrected chi connectivity index (χ1v) is 4.79. The van der Waals surface area contributed by atoms with Crippen LogP contribution in [0.5, 0.6) is 0 Å². The summed E-state index contributed by atoms with van der Waals surface area (Å²) in [7, 11) is 0. The molecule has 0 aliphatic rings. The summed E-state index contributed by atoms with van der Waals surface area (Å²) in [5.74, 6) is -1.13. The largest absolute Gasteiger partial charge is 0.370 e. The number of rotatable bonds is 9. The molecule has 0 bridgehead atoms. The summed E-state index contributed by atoms with van der Waals surface area (Å²) in [6.07, 6.45) is -0.0772. The smallest absolute Gasteiger partial charge is 0.235 e. The average molecular weight is 217 g/mol. The predicted molar refractivity (Wildman–Crippen MR) is 56.7 cm³/mol. The molecule has 0 radical (unpaired) electrons. The minimum atomic E-state index is -0.692. The van der Waals surface area contributed by atoms with Crippen molar-refractivity contribution in [3.05, 3.63) is 0 Å².